The van der Waals surface area contributed by atoms with Crippen molar-refractivity contribution >= 4 is 50.1 Å². The van der Waals surface area contributed by atoms with Gasteiger partial charge in [-0.15, -0.1) is 11.3 Å². The van der Waals surface area contributed by atoms with E-state index in [4.69, 9.17) is 0 Å². The van der Waals surface area contributed by atoms with Crippen LogP contribution in [-0.4, -0.2) is 21.8 Å². The summed E-state index contributed by atoms with van der Waals surface area (Å²) in [7, 11) is 0. The third-order valence-electron chi connectivity index (χ3n) is 6.88. The molecule has 0 saturated heterocycles. The zero-order chi connectivity index (χ0) is 25.5. The van der Waals surface area contributed by atoms with Gasteiger partial charge in [0.25, 0.3) is 5.56 Å². The summed E-state index contributed by atoms with van der Waals surface area (Å²) in [5.41, 5.74) is 5.84. The summed E-state index contributed by atoms with van der Waals surface area (Å²) in [5.74, 6) is 0.0371. The second-order valence-corrected chi connectivity index (χ2v) is 11.0. The second-order valence-electron chi connectivity index (χ2n) is 8.99. The molecule has 0 amide bonds. The first-order valence-corrected chi connectivity index (χ1v) is 14.2. The van der Waals surface area contributed by atoms with E-state index in [-0.39, 0.29) is 11.3 Å². The van der Waals surface area contributed by atoms with Crippen molar-refractivity contribution in [3.63, 3.8) is 0 Å². The van der Waals surface area contributed by atoms with Gasteiger partial charge in [-0.05, 0) is 30.5 Å². The number of ketones is 1. The molecule has 0 saturated carbocycles. The lowest BCUT2D eigenvalue weighted by Gasteiger charge is -2.21. The predicted molar refractivity (Wildman–Crippen MR) is 154 cm³/mol. The minimum atomic E-state index is -0.0265. The van der Waals surface area contributed by atoms with Gasteiger partial charge in [0.2, 0.25) is 0 Å². The fourth-order valence-corrected chi connectivity index (χ4v) is 7.85. The van der Waals surface area contributed by atoms with Gasteiger partial charge >= 0.3 is 0 Å². The van der Waals surface area contributed by atoms with Crippen LogP contribution in [0, 0.1) is 0 Å². The van der Waals surface area contributed by atoms with Crippen LogP contribution in [0.15, 0.2) is 89.7 Å². The standard InChI is InChI=1S/C31H26N2O2S2/c1-3-32-25(20-13-7-5-8-14-20)27(21-15-9-6-10-16-21)36-31(32)28-29(35)33(4-2)30(37-28)24-19-22-17-11-12-18-23(22)26(24)34/h5-18H,3-4,19H2,1-2H3/b30-24-,31-28+. The lowest BCUT2D eigenvalue weighted by atomic mass is 10.1. The summed E-state index contributed by atoms with van der Waals surface area (Å²) in [6.07, 6.45) is 0.567. The number of carbonyl (C=O) groups is 1. The van der Waals surface area contributed by atoms with Crippen LogP contribution in [0.25, 0.3) is 21.2 Å². The van der Waals surface area contributed by atoms with Crippen LogP contribution in [0.1, 0.15) is 40.9 Å². The quantitative estimate of drug-likeness (QED) is 0.371. The predicted octanol–water partition coefficient (Wildman–Crippen LogP) is 5.18. The van der Waals surface area contributed by atoms with Crippen molar-refractivity contribution in [2.75, 3.05) is 6.54 Å². The normalized spacial score (nSPS) is 18.1. The minimum absolute atomic E-state index is 0.0265. The first-order chi connectivity index (χ1) is 18.1. The Labute approximate surface area is 223 Å². The Morgan fingerprint density at radius 2 is 1.43 bits per heavy atom. The van der Waals surface area contributed by atoms with Crippen molar-refractivity contribution in [3.8, 4) is 0 Å². The van der Waals surface area contributed by atoms with E-state index in [1.54, 1.807) is 16.3 Å². The molecule has 0 radical (unpaired) electrons. The molecule has 4 aromatic rings. The number of hydrogen-bond acceptors (Lipinski definition) is 5. The van der Waals surface area contributed by atoms with E-state index in [0.29, 0.717) is 17.5 Å². The maximum Gasteiger partial charge on any atom is 0.271 e. The van der Waals surface area contributed by atoms with E-state index in [9.17, 15) is 9.59 Å². The second kappa shape index (κ2) is 9.69. The first-order valence-electron chi connectivity index (χ1n) is 12.5. The summed E-state index contributed by atoms with van der Waals surface area (Å²) >= 11 is 3.11. The number of hydrogen-bond donors (Lipinski definition) is 0. The van der Waals surface area contributed by atoms with Crippen LogP contribution in [-0.2, 0) is 13.0 Å². The number of fused-ring (bicyclic) bond motifs is 1. The van der Waals surface area contributed by atoms with Crippen LogP contribution in [0.2, 0.25) is 0 Å². The highest BCUT2D eigenvalue weighted by Gasteiger charge is 2.32. The lowest BCUT2D eigenvalue weighted by molar-refractivity contribution is 0.105. The topological polar surface area (TPSA) is 42.3 Å². The summed E-state index contributed by atoms with van der Waals surface area (Å²) < 4.78 is 3.25. The third kappa shape index (κ3) is 3.92. The average Bonchev–Trinajstić information content (AvgIpc) is 3.60. The Kier molecular flexibility index (Phi) is 6.22. The molecule has 184 valence electrons. The molecule has 3 aromatic carbocycles. The number of carbonyl (C=O) groups excluding carboxylic acids is 1. The molecule has 2 heterocycles. The molecule has 1 aromatic heterocycles. The molecule has 2 aliphatic rings. The molecule has 1 aliphatic heterocycles. The maximum absolute atomic E-state index is 13.9. The van der Waals surface area contributed by atoms with Gasteiger partial charge in [-0.3, -0.25) is 14.2 Å². The minimum Gasteiger partial charge on any atom is -0.333 e. The SMILES string of the molecule is CCN1C(c2ccccc2)=C(c2ccccc2)S/C1=c1/s/c(=C2/Cc3ccccc3C2=O)n(CC)c1=O. The van der Waals surface area contributed by atoms with Crippen molar-refractivity contribution in [1.29, 1.82) is 0 Å². The molecular weight excluding hydrogens is 496 g/mol. The van der Waals surface area contributed by atoms with Crippen molar-refractivity contribution < 1.29 is 4.79 Å². The van der Waals surface area contributed by atoms with Crippen molar-refractivity contribution in [1.82, 2.24) is 9.47 Å². The fourth-order valence-electron chi connectivity index (χ4n) is 5.12. The van der Waals surface area contributed by atoms with Crippen molar-refractivity contribution in [2.45, 2.75) is 26.8 Å². The molecule has 0 unspecified atom stereocenters. The Morgan fingerprint density at radius 3 is 2.08 bits per heavy atom. The first kappa shape index (κ1) is 23.8. The van der Waals surface area contributed by atoms with Crippen LogP contribution < -0.4 is 14.8 Å². The zero-order valence-electron chi connectivity index (χ0n) is 20.7. The number of rotatable bonds is 4. The molecule has 0 atom stereocenters. The molecule has 0 spiro atoms. The van der Waals surface area contributed by atoms with E-state index in [0.717, 1.165) is 54.7 Å². The molecule has 6 heteroatoms. The van der Waals surface area contributed by atoms with Gasteiger partial charge in [0.1, 0.15) is 14.2 Å². The smallest absolute Gasteiger partial charge is 0.271 e. The van der Waals surface area contributed by atoms with E-state index < -0.39 is 0 Å². The van der Waals surface area contributed by atoms with E-state index >= 15 is 0 Å². The van der Waals surface area contributed by atoms with Crippen molar-refractivity contribution in [3.05, 3.63) is 127 Å². The largest absolute Gasteiger partial charge is 0.333 e. The summed E-state index contributed by atoms with van der Waals surface area (Å²) in [6.45, 7) is 5.34. The molecule has 6 rings (SSSR count). The van der Waals surface area contributed by atoms with Crippen molar-refractivity contribution in [2.24, 2.45) is 0 Å². The Bertz CT molecular complexity index is 1730. The lowest BCUT2D eigenvalue weighted by Crippen LogP contribution is -2.34. The van der Waals surface area contributed by atoms with Gasteiger partial charge in [0.15, 0.2) is 5.78 Å². The van der Waals surface area contributed by atoms with E-state index in [1.807, 2.05) is 55.5 Å². The fraction of sp³-hybridized carbons (Fsp3) is 0.161. The summed E-state index contributed by atoms with van der Waals surface area (Å²) in [5, 5.41) is 0.937. The molecule has 0 fully saturated rings. The molecule has 0 bridgehead atoms. The number of nitrogens with zero attached hydrogens (tertiary/aromatic N) is 2. The molecule has 0 N–H and O–H groups in total. The highest BCUT2D eigenvalue weighted by Crippen LogP contribution is 2.50. The Hall–Kier alpha value is -3.61. The monoisotopic (exact) mass is 522 g/mol. The van der Waals surface area contributed by atoms with Gasteiger partial charge in [-0.2, -0.15) is 0 Å². The number of Topliss-reactive ketones (excluding diaryl/α,β-unsaturated/α-hetero) is 1. The summed E-state index contributed by atoms with van der Waals surface area (Å²) in [4.78, 5) is 30.6. The number of aromatic nitrogens is 1. The molecule has 1 aliphatic carbocycles. The highest BCUT2D eigenvalue weighted by molar-refractivity contribution is 8.16. The Balaban J connectivity index is 1.60. The molecule has 37 heavy (non-hydrogen) atoms. The molecule has 4 nitrogen and oxygen atoms in total. The van der Waals surface area contributed by atoms with Crippen LogP contribution >= 0.6 is 23.1 Å². The van der Waals surface area contributed by atoms with Crippen LogP contribution in [0.3, 0.4) is 0 Å². The number of thioether (sulfide) groups is 1. The van der Waals surface area contributed by atoms with Gasteiger partial charge in [-0.1, -0.05) is 96.7 Å². The van der Waals surface area contributed by atoms with Gasteiger partial charge in [0, 0.05) is 35.6 Å². The number of benzene rings is 3. The van der Waals surface area contributed by atoms with Gasteiger partial charge in [0.05, 0.1) is 5.70 Å². The average molecular weight is 523 g/mol. The number of thiazole rings is 1. The van der Waals surface area contributed by atoms with Crippen LogP contribution in [0.5, 0.6) is 0 Å². The van der Waals surface area contributed by atoms with Gasteiger partial charge in [-0.25, -0.2) is 0 Å². The van der Waals surface area contributed by atoms with Gasteiger partial charge < -0.3 is 4.90 Å². The zero-order valence-corrected chi connectivity index (χ0v) is 22.4. The highest BCUT2D eigenvalue weighted by atomic mass is 32.2. The van der Waals surface area contributed by atoms with E-state index in [1.165, 1.54) is 11.3 Å². The maximum atomic E-state index is 13.9. The van der Waals surface area contributed by atoms with E-state index in [2.05, 4.69) is 48.2 Å². The van der Waals surface area contributed by atoms with Crippen LogP contribution in [0.4, 0.5) is 0 Å². The third-order valence-corrected chi connectivity index (χ3v) is 9.50. The summed E-state index contributed by atoms with van der Waals surface area (Å²) in [6, 6.07) is 28.5. The molecular formula is C31H26N2O2S2. The Morgan fingerprint density at radius 1 is 0.784 bits per heavy atom.